The highest BCUT2D eigenvalue weighted by Gasteiger charge is 2.48. The Balaban J connectivity index is 1.95. The Hall–Kier alpha value is -2.31. The molecule has 1 aromatic carbocycles. The number of rotatable bonds is 0. The normalized spacial score (nSPS) is 19.3. The zero-order chi connectivity index (χ0) is 17.2. The minimum Gasteiger partial charge on any atom is -0.452 e. The molecule has 5 rings (SSSR count). The van der Waals surface area contributed by atoms with E-state index >= 15 is 0 Å². The second-order valence-electron chi connectivity index (χ2n) is 5.79. The van der Waals surface area contributed by atoms with E-state index in [2.05, 4.69) is 25.9 Å². The summed E-state index contributed by atoms with van der Waals surface area (Å²) in [6.45, 7) is 0. The molecule has 0 aliphatic carbocycles. The number of ether oxygens (including phenoxy) is 1. The molecule has 0 bridgehead atoms. The van der Waals surface area contributed by atoms with Gasteiger partial charge in [0.05, 0.1) is 0 Å². The highest BCUT2D eigenvalue weighted by Crippen LogP contribution is 2.55. The molecule has 0 radical (unpaired) electrons. The molecule has 4 nitrogen and oxygen atoms in total. The Morgan fingerprint density at radius 1 is 1.12 bits per heavy atom. The molecular weight excluding hydrogens is 409 g/mol. The van der Waals surface area contributed by atoms with E-state index in [1.54, 1.807) is 30.7 Å². The maximum Gasteiger partial charge on any atom is 0.257 e. The molecule has 0 saturated carbocycles. The maximum absolute atomic E-state index is 14.5. The number of hydrogen-bond acceptors (Lipinski definition) is 4. The van der Waals surface area contributed by atoms with Crippen LogP contribution in [0, 0.1) is 5.95 Å². The van der Waals surface area contributed by atoms with E-state index in [9.17, 15) is 4.39 Å². The van der Waals surface area contributed by atoms with Crippen LogP contribution in [0.5, 0.6) is 11.5 Å². The summed E-state index contributed by atoms with van der Waals surface area (Å²) in [6.07, 6.45) is 5.21. The van der Waals surface area contributed by atoms with Gasteiger partial charge < -0.3 is 4.74 Å². The molecule has 1 atom stereocenters. The predicted molar refractivity (Wildman–Crippen MR) is 95.1 cm³/mol. The van der Waals surface area contributed by atoms with Gasteiger partial charge in [0.15, 0.2) is 5.75 Å². The predicted octanol–water partition coefficient (Wildman–Crippen LogP) is 4.86. The molecule has 0 amide bonds. The first-order chi connectivity index (χ1) is 12.1. The average molecular weight is 417 g/mol. The summed E-state index contributed by atoms with van der Waals surface area (Å²) >= 11 is 9.54. The Labute approximate surface area is 155 Å². The van der Waals surface area contributed by atoms with Crippen LogP contribution in [0.1, 0.15) is 22.3 Å². The summed E-state index contributed by atoms with van der Waals surface area (Å²) in [5.74, 6) is -0.205. The monoisotopic (exact) mass is 415 g/mol. The molecule has 2 aliphatic heterocycles. The van der Waals surface area contributed by atoms with E-state index in [0.29, 0.717) is 11.3 Å². The lowest BCUT2D eigenvalue weighted by molar-refractivity contribution is 0.385. The van der Waals surface area contributed by atoms with Crippen molar-refractivity contribution >= 4 is 33.7 Å². The highest BCUT2D eigenvalue weighted by atomic mass is 79.9. The fourth-order valence-electron chi connectivity index (χ4n) is 3.45. The lowest BCUT2D eigenvalue weighted by atomic mass is 9.76. The van der Waals surface area contributed by atoms with Crippen LogP contribution in [-0.2, 0) is 5.54 Å². The van der Waals surface area contributed by atoms with Crippen LogP contribution in [0.15, 0.2) is 52.2 Å². The van der Waals surface area contributed by atoms with Crippen LogP contribution in [0.2, 0.25) is 5.15 Å². The minimum absolute atomic E-state index is 0.0353. The zero-order valence-electron chi connectivity index (χ0n) is 12.5. The van der Waals surface area contributed by atoms with E-state index in [-0.39, 0.29) is 10.9 Å². The largest absolute Gasteiger partial charge is 0.452 e. The van der Waals surface area contributed by atoms with Gasteiger partial charge in [0.25, 0.3) is 5.95 Å². The Morgan fingerprint density at radius 3 is 2.88 bits per heavy atom. The van der Waals surface area contributed by atoms with Gasteiger partial charge in [0.1, 0.15) is 16.4 Å². The number of hydrogen-bond donors (Lipinski definition) is 0. The second kappa shape index (κ2) is 5.09. The standard InChI is InChI=1S/C18H8BrClFN3O/c19-10-1-2-14-11(5-10)18(13-8-22-4-3-9(13)7-23-18)12-6-15(20)24-17(21)16(12)25-14/h1-8H/t18-/m0/s1. The van der Waals surface area contributed by atoms with E-state index in [4.69, 9.17) is 21.3 Å². The molecule has 2 aliphatic rings. The van der Waals surface area contributed by atoms with Gasteiger partial charge in [-0.15, -0.1) is 0 Å². The Bertz CT molecular complexity index is 1090. The number of nitrogens with zero attached hydrogens (tertiary/aromatic N) is 3. The van der Waals surface area contributed by atoms with Crippen LogP contribution in [0.4, 0.5) is 4.39 Å². The Morgan fingerprint density at radius 2 is 2.00 bits per heavy atom. The third-order valence-electron chi connectivity index (χ3n) is 4.48. The second-order valence-corrected chi connectivity index (χ2v) is 7.09. The quantitative estimate of drug-likeness (QED) is 0.492. The molecule has 4 heterocycles. The van der Waals surface area contributed by atoms with Crippen LogP contribution < -0.4 is 4.74 Å². The fourth-order valence-corrected chi connectivity index (χ4v) is 4.00. The first-order valence-corrected chi connectivity index (χ1v) is 8.61. The minimum atomic E-state index is -0.969. The van der Waals surface area contributed by atoms with Crippen molar-refractivity contribution in [2.24, 2.45) is 4.99 Å². The Kier molecular flexibility index (Phi) is 3.05. The van der Waals surface area contributed by atoms with Crippen molar-refractivity contribution in [2.45, 2.75) is 5.54 Å². The molecule has 0 saturated heterocycles. The molecule has 3 aromatic rings. The average Bonchev–Trinajstić information content (AvgIpc) is 2.98. The summed E-state index contributed by atoms with van der Waals surface area (Å²) in [5.41, 5.74) is 2.10. The highest BCUT2D eigenvalue weighted by molar-refractivity contribution is 9.10. The molecule has 2 aromatic heterocycles. The molecule has 122 valence electrons. The first-order valence-electron chi connectivity index (χ1n) is 7.44. The first kappa shape index (κ1) is 15.0. The molecular formula is C18H8BrClFN3O. The number of benzene rings is 1. The van der Waals surface area contributed by atoms with Gasteiger partial charge >= 0.3 is 0 Å². The molecule has 0 fully saturated rings. The molecule has 1 spiro atoms. The van der Waals surface area contributed by atoms with Gasteiger partial charge in [-0.25, -0.2) is 4.98 Å². The summed E-state index contributed by atoms with van der Waals surface area (Å²) in [5, 5.41) is 0.0465. The van der Waals surface area contributed by atoms with Crippen LogP contribution >= 0.6 is 27.5 Å². The smallest absolute Gasteiger partial charge is 0.257 e. The van der Waals surface area contributed by atoms with Crippen molar-refractivity contribution in [3.05, 3.63) is 80.6 Å². The summed E-state index contributed by atoms with van der Waals surface area (Å²) in [4.78, 5) is 12.7. The third kappa shape index (κ3) is 1.95. The van der Waals surface area contributed by atoms with Gasteiger partial charge in [0.2, 0.25) is 0 Å². The number of aliphatic imine (C=N–C) groups is 1. The van der Waals surface area contributed by atoms with Crippen LogP contribution in [0.25, 0.3) is 0 Å². The van der Waals surface area contributed by atoms with Crippen LogP contribution in [0.3, 0.4) is 0 Å². The molecule has 7 heteroatoms. The number of pyridine rings is 2. The van der Waals surface area contributed by atoms with Crippen molar-refractivity contribution < 1.29 is 9.13 Å². The van der Waals surface area contributed by atoms with Gasteiger partial charge in [-0.2, -0.15) is 4.39 Å². The topological polar surface area (TPSA) is 47.4 Å². The molecule has 0 N–H and O–H groups in total. The third-order valence-corrected chi connectivity index (χ3v) is 5.16. The lowest BCUT2D eigenvalue weighted by Gasteiger charge is -2.35. The number of fused-ring (bicyclic) bond motifs is 6. The number of aromatic nitrogens is 2. The molecule has 0 unspecified atom stereocenters. The van der Waals surface area contributed by atoms with Crippen LogP contribution in [-0.4, -0.2) is 16.2 Å². The summed E-state index contributed by atoms with van der Waals surface area (Å²) in [6, 6.07) is 9.01. The van der Waals surface area contributed by atoms with E-state index in [0.717, 1.165) is 21.2 Å². The fraction of sp³-hybridized carbons (Fsp3) is 0.0556. The SMILES string of the molecule is Fc1nc(Cl)cc2c1Oc1ccc(Br)cc1[C@]21N=Cc2ccncc21. The van der Waals surface area contributed by atoms with Gasteiger partial charge in [-0.1, -0.05) is 27.5 Å². The van der Waals surface area contributed by atoms with Crippen molar-refractivity contribution in [2.75, 3.05) is 0 Å². The molecule has 25 heavy (non-hydrogen) atoms. The maximum atomic E-state index is 14.5. The van der Waals surface area contributed by atoms with E-state index in [1.165, 1.54) is 0 Å². The van der Waals surface area contributed by atoms with Gasteiger partial charge in [-0.3, -0.25) is 9.98 Å². The van der Waals surface area contributed by atoms with Crippen molar-refractivity contribution in [1.29, 1.82) is 0 Å². The van der Waals surface area contributed by atoms with Gasteiger partial charge in [0, 0.05) is 45.3 Å². The number of halogens is 3. The van der Waals surface area contributed by atoms with E-state index in [1.807, 2.05) is 18.2 Å². The summed E-state index contributed by atoms with van der Waals surface area (Å²) < 4.78 is 21.2. The van der Waals surface area contributed by atoms with Crippen molar-refractivity contribution in [1.82, 2.24) is 9.97 Å². The van der Waals surface area contributed by atoms with Crippen molar-refractivity contribution in [3.63, 3.8) is 0 Å². The van der Waals surface area contributed by atoms with E-state index < -0.39 is 11.5 Å². The van der Waals surface area contributed by atoms with Gasteiger partial charge in [-0.05, 0) is 30.3 Å². The summed E-state index contributed by atoms with van der Waals surface area (Å²) in [7, 11) is 0. The zero-order valence-corrected chi connectivity index (χ0v) is 14.8. The lowest BCUT2D eigenvalue weighted by Crippen LogP contribution is -2.30. The van der Waals surface area contributed by atoms with Crippen molar-refractivity contribution in [3.8, 4) is 11.5 Å².